The molecule has 1 saturated heterocycles. The van der Waals surface area contributed by atoms with Crippen LogP contribution < -0.4 is 10.2 Å². The van der Waals surface area contributed by atoms with Crippen molar-refractivity contribution in [3.05, 3.63) is 66.7 Å². The molecule has 6 heteroatoms. The third-order valence-electron chi connectivity index (χ3n) is 4.49. The maximum atomic E-state index is 12.5. The van der Waals surface area contributed by atoms with Crippen LogP contribution >= 0.6 is 0 Å². The first-order chi connectivity index (χ1) is 12.8. The molecule has 6 nitrogen and oxygen atoms in total. The van der Waals surface area contributed by atoms with Gasteiger partial charge in [0.05, 0.1) is 0 Å². The van der Waals surface area contributed by atoms with E-state index in [0.29, 0.717) is 24.7 Å². The number of para-hydroxylation sites is 1. The molecule has 1 fully saturated rings. The number of rotatable bonds is 3. The summed E-state index contributed by atoms with van der Waals surface area (Å²) in [7, 11) is 0. The summed E-state index contributed by atoms with van der Waals surface area (Å²) in [5.41, 5.74) is 2.12. The van der Waals surface area contributed by atoms with Crippen LogP contribution in [0.3, 0.4) is 0 Å². The van der Waals surface area contributed by atoms with E-state index in [-0.39, 0.29) is 6.03 Å². The van der Waals surface area contributed by atoms with E-state index < -0.39 is 0 Å². The number of amides is 2. The van der Waals surface area contributed by atoms with Crippen LogP contribution in [0.25, 0.3) is 11.3 Å². The smallest absolute Gasteiger partial charge is 0.323 e. The van der Waals surface area contributed by atoms with Gasteiger partial charge in [-0.1, -0.05) is 53.7 Å². The Labute approximate surface area is 152 Å². The summed E-state index contributed by atoms with van der Waals surface area (Å²) in [6.45, 7) is 2.96. The van der Waals surface area contributed by atoms with E-state index in [0.717, 1.165) is 18.7 Å². The van der Waals surface area contributed by atoms with Crippen molar-refractivity contribution in [2.45, 2.75) is 0 Å². The van der Waals surface area contributed by atoms with Crippen molar-refractivity contribution in [3.8, 4) is 11.3 Å². The SMILES string of the molecule is O=C(Nc1cc(-c2ccccc2)on1)N1CCN(c2ccccc2)CC1. The van der Waals surface area contributed by atoms with Crippen molar-refractivity contribution in [3.63, 3.8) is 0 Å². The zero-order valence-corrected chi connectivity index (χ0v) is 14.3. The van der Waals surface area contributed by atoms with E-state index in [9.17, 15) is 4.79 Å². The van der Waals surface area contributed by atoms with Crippen LogP contribution in [0.5, 0.6) is 0 Å². The van der Waals surface area contributed by atoms with Crippen LogP contribution in [0.1, 0.15) is 0 Å². The number of nitrogens with zero attached hydrogens (tertiary/aromatic N) is 3. The van der Waals surface area contributed by atoms with Crippen molar-refractivity contribution in [1.82, 2.24) is 10.1 Å². The van der Waals surface area contributed by atoms with Gasteiger partial charge in [-0.15, -0.1) is 0 Å². The number of hydrogen-bond acceptors (Lipinski definition) is 4. The highest BCUT2D eigenvalue weighted by molar-refractivity contribution is 5.89. The summed E-state index contributed by atoms with van der Waals surface area (Å²) in [4.78, 5) is 16.6. The van der Waals surface area contributed by atoms with Gasteiger partial charge in [-0.2, -0.15) is 0 Å². The van der Waals surface area contributed by atoms with Crippen molar-refractivity contribution >= 4 is 17.5 Å². The molecule has 2 amide bonds. The maximum absolute atomic E-state index is 12.5. The van der Waals surface area contributed by atoms with Crippen molar-refractivity contribution in [2.24, 2.45) is 0 Å². The molecule has 0 unspecified atom stereocenters. The molecule has 2 aromatic carbocycles. The van der Waals surface area contributed by atoms with E-state index in [4.69, 9.17) is 4.52 Å². The maximum Gasteiger partial charge on any atom is 0.323 e. The number of urea groups is 1. The minimum Gasteiger partial charge on any atom is -0.368 e. The quantitative estimate of drug-likeness (QED) is 0.784. The van der Waals surface area contributed by atoms with Gasteiger partial charge in [-0.3, -0.25) is 5.32 Å². The third kappa shape index (κ3) is 3.54. The van der Waals surface area contributed by atoms with Gasteiger partial charge in [-0.05, 0) is 12.1 Å². The Morgan fingerprint density at radius 1 is 0.923 bits per heavy atom. The van der Waals surface area contributed by atoms with Crippen LogP contribution in [0.2, 0.25) is 0 Å². The highest BCUT2D eigenvalue weighted by Gasteiger charge is 2.22. The topological polar surface area (TPSA) is 61.6 Å². The number of nitrogens with one attached hydrogen (secondary N) is 1. The van der Waals surface area contributed by atoms with Crippen LogP contribution in [-0.2, 0) is 0 Å². The van der Waals surface area contributed by atoms with Gasteiger partial charge in [0.1, 0.15) is 0 Å². The Kier molecular flexibility index (Phi) is 4.55. The number of carbonyl (C=O) groups excluding carboxylic acids is 1. The van der Waals surface area contributed by atoms with Crippen LogP contribution in [0.4, 0.5) is 16.3 Å². The van der Waals surface area contributed by atoms with Crippen molar-refractivity contribution in [2.75, 3.05) is 36.4 Å². The molecule has 0 bridgehead atoms. The van der Waals surface area contributed by atoms with Gasteiger partial charge >= 0.3 is 6.03 Å². The number of aromatic nitrogens is 1. The van der Waals surface area contributed by atoms with E-state index in [1.165, 1.54) is 5.69 Å². The fraction of sp³-hybridized carbons (Fsp3) is 0.200. The third-order valence-corrected chi connectivity index (χ3v) is 4.49. The summed E-state index contributed by atoms with van der Waals surface area (Å²) < 4.78 is 5.32. The highest BCUT2D eigenvalue weighted by Crippen LogP contribution is 2.22. The molecule has 1 aliphatic heterocycles. The van der Waals surface area contributed by atoms with Gasteiger partial charge in [0, 0.05) is 43.5 Å². The molecule has 0 aliphatic carbocycles. The largest absolute Gasteiger partial charge is 0.368 e. The fourth-order valence-corrected chi connectivity index (χ4v) is 3.07. The van der Waals surface area contributed by atoms with E-state index in [1.807, 2.05) is 48.5 Å². The number of piperazine rings is 1. The van der Waals surface area contributed by atoms with Crippen molar-refractivity contribution in [1.29, 1.82) is 0 Å². The van der Waals surface area contributed by atoms with Gasteiger partial charge in [0.25, 0.3) is 0 Å². The van der Waals surface area contributed by atoms with Gasteiger partial charge < -0.3 is 14.3 Å². The molecule has 2 heterocycles. The second-order valence-corrected chi connectivity index (χ2v) is 6.18. The van der Waals surface area contributed by atoms with E-state index in [2.05, 4.69) is 27.5 Å². The molecule has 0 saturated carbocycles. The predicted octanol–water partition coefficient (Wildman–Crippen LogP) is 3.70. The van der Waals surface area contributed by atoms with E-state index in [1.54, 1.807) is 11.0 Å². The number of hydrogen-bond donors (Lipinski definition) is 1. The molecule has 0 radical (unpaired) electrons. The summed E-state index contributed by atoms with van der Waals surface area (Å²) in [5.74, 6) is 1.06. The predicted molar refractivity (Wildman–Crippen MR) is 101 cm³/mol. The average Bonchev–Trinajstić information content (AvgIpc) is 3.18. The normalized spacial score (nSPS) is 14.3. The van der Waals surface area contributed by atoms with Crippen LogP contribution in [0, 0.1) is 0 Å². The van der Waals surface area contributed by atoms with Gasteiger partial charge in [0.15, 0.2) is 11.6 Å². The van der Waals surface area contributed by atoms with Crippen LogP contribution in [-0.4, -0.2) is 42.3 Å². The molecule has 1 aromatic heterocycles. The Balaban J connectivity index is 1.34. The lowest BCUT2D eigenvalue weighted by Crippen LogP contribution is -2.50. The van der Waals surface area contributed by atoms with Crippen LogP contribution in [0.15, 0.2) is 71.3 Å². The molecule has 132 valence electrons. The molecule has 26 heavy (non-hydrogen) atoms. The standard InChI is InChI=1S/C20H20N4O2/c25-20(21-19-15-18(26-22-19)16-7-3-1-4-8-16)24-13-11-23(12-14-24)17-9-5-2-6-10-17/h1-10,15H,11-14H2,(H,21,22,25). The monoisotopic (exact) mass is 348 g/mol. The Hall–Kier alpha value is -3.28. The molecule has 4 rings (SSSR count). The molecule has 1 aliphatic rings. The molecule has 0 atom stereocenters. The lowest BCUT2D eigenvalue weighted by atomic mass is 10.2. The average molecular weight is 348 g/mol. The first kappa shape index (κ1) is 16.2. The first-order valence-corrected chi connectivity index (χ1v) is 8.68. The summed E-state index contributed by atoms with van der Waals surface area (Å²) >= 11 is 0. The van der Waals surface area contributed by atoms with Gasteiger partial charge in [-0.25, -0.2) is 4.79 Å². The Bertz CT molecular complexity index is 856. The fourth-order valence-electron chi connectivity index (χ4n) is 3.07. The zero-order chi connectivity index (χ0) is 17.8. The summed E-state index contributed by atoms with van der Waals surface area (Å²) in [6.07, 6.45) is 0. The lowest BCUT2D eigenvalue weighted by molar-refractivity contribution is 0.208. The minimum absolute atomic E-state index is 0.148. The summed E-state index contributed by atoms with van der Waals surface area (Å²) in [6, 6.07) is 21.5. The van der Waals surface area contributed by atoms with Crippen molar-refractivity contribution < 1.29 is 9.32 Å². The molecule has 0 spiro atoms. The highest BCUT2D eigenvalue weighted by atomic mass is 16.5. The number of carbonyl (C=O) groups is 1. The number of benzene rings is 2. The summed E-state index contributed by atoms with van der Waals surface area (Å²) in [5, 5.41) is 6.77. The van der Waals surface area contributed by atoms with Gasteiger partial charge in [0.2, 0.25) is 0 Å². The minimum atomic E-state index is -0.148. The molecule has 1 N–H and O–H groups in total. The Morgan fingerprint density at radius 3 is 2.27 bits per heavy atom. The second-order valence-electron chi connectivity index (χ2n) is 6.18. The zero-order valence-electron chi connectivity index (χ0n) is 14.3. The lowest BCUT2D eigenvalue weighted by Gasteiger charge is -2.35. The second kappa shape index (κ2) is 7.31. The Morgan fingerprint density at radius 2 is 1.58 bits per heavy atom. The molecule has 3 aromatic rings. The first-order valence-electron chi connectivity index (χ1n) is 8.68. The molecular formula is C20H20N4O2. The molecular weight excluding hydrogens is 328 g/mol. The van der Waals surface area contributed by atoms with E-state index >= 15 is 0 Å². The number of anilines is 2.